The molecule has 0 radical (unpaired) electrons. The second-order valence-corrected chi connectivity index (χ2v) is 8.74. The van der Waals surface area contributed by atoms with Crippen molar-refractivity contribution >= 4 is 49.0 Å². The Bertz CT molecular complexity index is 1130. The van der Waals surface area contributed by atoms with Crippen LogP contribution >= 0.6 is 11.3 Å². The van der Waals surface area contributed by atoms with E-state index in [2.05, 4.69) is 5.32 Å². The Hall–Kier alpha value is -2.75. The van der Waals surface area contributed by atoms with Crippen molar-refractivity contribution in [2.24, 2.45) is 5.14 Å². The zero-order chi connectivity index (χ0) is 20.3. The molecule has 1 aromatic heterocycles. The van der Waals surface area contributed by atoms with E-state index >= 15 is 0 Å². The molecule has 0 aliphatic carbocycles. The lowest BCUT2D eigenvalue weighted by molar-refractivity contribution is -0.116. The summed E-state index contributed by atoms with van der Waals surface area (Å²) in [6.07, 6.45) is 0.702. The fourth-order valence-electron chi connectivity index (χ4n) is 2.65. The molecule has 2 aromatic carbocycles. The molecule has 9 heteroatoms. The predicted molar refractivity (Wildman–Crippen MR) is 108 cm³/mol. The van der Waals surface area contributed by atoms with Crippen molar-refractivity contribution in [3.05, 3.63) is 59.0 Å². The minimum absolute atomic E-state index is 0.0380. The largest absolute Gasteiger partial charge is 0.465 e. The number of ether oxygens (including phenoxy) is 1. The van der Waals surface area contributed by atoms with Gasteiger partial charge in [0.25, 0.3) is 0 Å². The Morgan fingerprint density at radius 1 is 1.11 bits per heavy atom. The number of esters is 1. The van der Waals surface area contributed by atoms with Gasteiger partial charge in [-0.3, -0.25) is 4.79 Å². The normalized spacial score (nSPS) is 11.4. The smallest absolute Gasteiger partial charge is 0.348 e. The fourth-order valence-corrected chi connectivity index (χ4v) is 4.13. The highest BCUT2D eigenvalue weighted by Gasteiger charge is 2.12. The van der Waals surface area contributed by atoms with Crippen LogP contribution in [0, 0.1) is 0 Å². The van der Waals surface area contributed by atoms with Gasteiger partial charge in [0, 0.05) is 16.8 Å². The molecule has 0 saturated carbocycles. The maximum Gasteiger partial charge on any atom is 0.348 e. The molecule has 146 valence electrons. The maximum atomic E-state index is 12.2. The number of thiophene rings is 1. The molecule has 0 saturated heterocycles. The molecule has 0 bridgehead atoms. The fraction of sp³-hybridized carbons (Fsp3) is 0.158. The van der Waals surface area contributed by atoms with Gasteiger partial charge < -0.3 is 10.1 Å². The number of carbonyl (C=O) groups excluding carboxylic acids is 2. The quantitative estimate of drug-likeness (QED) is 0.597. The van der Waals surface area contributed by atoms with Crippen LogP contribution in [0.2, 0.25) is 0 Å². The summed E-state index contributed by atoms with van der Waals surface area (Å²) in [5.41, 5.74) is 1.47. The summed E-state index contributed by atoms with van der Waals surface area (Å²) in [4.78, 5) is 24.4. The van der Waals surface area contributed by atoms with Gasteiger partial charge in [-0.15, -0.1) is 11.3 Å². The van der Waals surface area contributed by atoms with Crippen LogP contribution in [0.25, 0.3) is 10.1 Å². The number of primary sulfonamides is 1. The molecule has 0 fully saturated rings. The Morgan fingerprint density at radius 3 is 2.46 bits per heavy atom. The molecule has 3 N–H and O–H groups in total. The van der Waals surface area contributed by atoms with E-state index in [1.165, 1.54) is 30.6 Å². The number of carbonyl (C=O) groups is 2. The predicted octanol–water partition coefficient (Wildman–Crippen LogP) is 2.91. The van der Waals surface area contributed by atoms with Crippen molar-refractivity contribution in [2.75, 3.05) is 12.4 Å². The summed E-state index contributed by atoms with van der Waals surface area (Å²) in [5, 5.41) is 8.74. The average molecular weight is 418 g/mol. The van der Waals surface area contributed by atoms with Crippen LogP contribution in [0.1, 0.15) is 21.7 Å². The Kier molecular flexibility index (Phi) is 5.78. The lowest BCUT2D eigenvalue weighted by Gasteiger charge is -2.06. The highest BCUT2D eigenvalue weighted by Crippen LogP contribution is 2.28. The molecule has 0 atom stereocenters. The number of fused-ring (bicyclic) bond motifs is 1. The van der Waals surface area contributed by atoms with Crippen LogP contribution in [-0.4, -0.2) is 27.4 Å². The van der Waals surface area contributed by atoms with Gasteiger partial charge in [-0.1, -0.05) is 12.1 Å². The number of rotatable bonds is 6. The van der Waals surface area contributed by atoms with Gasteiger partial charge in [0.05, 0.1) is 12.0 Å². The topological polar surface area (TPSA) is 116 Å². The van der Waals surface area contributed by atoms with E-state index in [0.717, 1.165) is 15.6 Å². The summed E-state index contributed by atoms with van der Waals surface area (Å²) >= 11 is 1.33. The molecule has 0 unspecified atom stereocenters. The van der Waals surface area contributed by atoms with Crippen molar-refractivity contribution < 1.29 is 22.7 Å². The molecule has 7 nitrogen and oxygen atoms in total. The van der Waals surface area contributed by atoms with Crippen molar-refractivity contribution in [1.82, 2.24) is 0 Å². The first-order valence-electron chi connectivity index (χ1n) is 8.30. The summed E-state index contributed by atoms with van der Waals surface area (Å²) in [6, 6.07) is 13.3. The van der Waals surface area contributed by atoms with Crippen LogP contribution in [0.3, 0.4) is 0 Å². The molecule has 3 rings (SSSR count). The molecule has 0 aliphatic rings. The Labute approximate surface area is 166 Å². The monoisotopic (exact) mass is 418 g/mol. The Balaban J connectivity index is 1.62. The van der Waals surface area contributed by atoms with Crippen LogP contribution in [0.15, 0.2) is 53.4 Å². The van der Waals surface area contributed by atoms with Crippen molar-refractivity contribution in [3.63, 3.8) is 0 Å². The van der Waals surface area contributed by atoms with Gasteiger partial charge >= 0.3 is 5.97 Å². The number of benzene rings is 2. The molecule has 0 spiro atoms. The number of nitrogens with two attached hydrogens (primary N) is 1. The number of anilines is 1. The number of amides is 1. The minimum atomic E-state index is -3.72. The lowest BCUT2D eigenvalue weighted by atomic mass is 10.1. The number of sulfonamides is 1. The van der Waals surface area contributed by atoms with Gasteiger partial charge in [-0.05, 0) is 53.8 Å². The number of nitrogens with one attached hydrogen (secondary N) is 1. The number of aryl methyl sites for hydroxylation is 1. The van der Waals surface area contributed by atoms with Crippen molar-refractivity contribution in [1.29, 1.82) is 0 Å². The van der Waals surface area contributed by atoms with E-state index in [9.17, 15) is 18.0 Å². The Morgan fingerprint density at radius 2 is 1.82 bits per heavy atom. The van der Waals surface area contributed by atoms with Gasteiger partial charge in [0.15, 0.2) is 0 Å². The van der Waals surface area contributed by atoms with E-state index in [1.54, 1.807) is 30.3 Å². The summed E-state index contributed by atoms with van der Waals surface area (Å²) in [6.45, 7) is 0. The molecule has 28 heavy (non-hydrogen) atoms. The van der Waals surface area contributed by atoms with Gasteiger partial charge in [-0.2, -0.15) is 0 Å². The first kappa shape index (κ1) is 20.0. The third-order valence-corrected chi connectivity index (χ3v) is 6.10. The van der Waals surface area contributed by atoms with Crippen LogP contribution in [-0.2, 0) is 26.0 Å². The van der Waals surface area contributed by atoms with E-state index in [0.29, 0.717) is 17.0 Å². The van der Waals surface area contributed by atoms with Gasteiger partial charge in [0.2, 0.25) is 15.9 Å². The van der Waals surface area contributed by atoms with Crippen LogP contribution in [0.5, 0.6) is 0 Å². The third kappa shape index (κ3) is 4.75. The minimum Gasteiger partial charge on any atom is -0.465 e. The standard InChI is InChI=1S/C19H18N2O5S2/c1-26-19(23)17-11-13-10-14(5-8-16(13)27-17)21-18(22)9-4-12-2-6-15(7-3-12)28(20,24)25/h2-3,5-8,10-11H,4,9H2,1H3,(H,21,22)(H2,20,24,25). The first-order chi connectivity index (χ1) is 13.3. The number of hydrogen-bond acceptors (Lipinski definition) is 6. The van der Waals surface area contributed by atoms with E-state index < -0.39 is 10.0 Å². The van der Waals surface area contributed by atoms with Crippen LogP contribution in [0.4, 0.5) is 5.69 Å². The highest BCUT2D eigenvalue weighted by atomic mass is 32.2. The van der Waals surface area contributed by atoms with E-state index in [4.69, 9.17) is 9.88 Å². The molecule has 1 amide bonds. The third-order valence-electron chi connectivity index (χ3n) is 4.08. The number of methoxy groups -OCH3 is 1. The van der Waals surface area contributed by atoms with Crippen molar-refractivity contribution in [2.45, 2.75) is 17.7 Å². The van der Waals surface area contributed by atoms with Gasteiger partial charge in [-0.25, -0.2) is 18.4 Å². The average Bonchev–Trinajstić information content (AvgIpc) is 3.08. The molecular formula is C19H18N2O5S2. The summed E-state index contributed by atoms with van der Waals surface area (Å²) in [5.74, 6) is -0.557. The summed E-state index contributed by atoms with van der Waals surface area (Å²) < 4.78 is 28.1. The SMILES string of the molecule is COC(=O)c1cc2cc(NC(=O)CCc3ccc(S(N)(=O)=O)cc3)ccc2s1. The molecule has 3 aromatic rings. The molecule has 0 aliphatic heterocycles. The molecular weight excluding hydrogens is 400 g/mol. The maximum absolute atomic E-state index is 12.2. The number of hydrogen-bond donors (Lipinski definition) is 2. The lowest BCUT2D eigenvalue weighted by Crippen LogP contribution is -2.13. The zero-order valence-corrected chi connectivity index (χ0v) is 16.6. The second kappa shape index (κ2) is 8.09. The zero-order valence-electron chi connectivity index (χ0n) is 15.0. The molecule has 1 heterocycles. The highest BCUT2D eigenvalue weighted by molar-refractivity contribution is 7.89. The van der Waals surface area contributed by atoms with Crippen molar-refractivity contribution in [3.8, 4) is 0 Å². The van der Waals surface area contributed by atoms with E-state index in [-0.39, 0.29) is 23.2 Å². The second-order valence-electron chi connectivity index (χ2n) is 6.09. The first-order valence-corrected chi connectivity index (χ1v) is 10.7. The summed E-state index contributed by atoms with van der Waals surface area (Å²) in [7, 11) is -2.39. The van der Waals surface area contributed by atoms with E-state index in [1.807, 2.05) is 6.07 Å². The van der Waals surface area contributed by atoms with Crippen LogP contribution < -0.4 is 10.5 Å². The van der Waals surface area contributed by atoms with Gasteiger partial charge in [0.1, 0.15) is 4.88 Å².